The number of rotatable bonds is 4. The smallest absolute Gasteiger partial charge is 0.233 e. The Morgan fingerprint density at radius 1 is 1.56 bits per heavy atom. The summed E-state index contributed by atoms with van der Waals surface area (Å²) in [6.45, 7) is 3.26. The molecule has 3 N–H and O–H groups in total. The number of aromatic nitrogens is 2. The highest BCUT2D eigenvalue weighted by atomic mass is 32.1. The maximum absolute atomic E-state index is 5.54. The van der Waals surface area contributed by atoms with Crippen LogP contribution in [-0.4, -0.2) is 40.4 Å². The van der Waals surface area contributed by atoms with E-state index >= 15 is 0 Å². The molecule has 2 rings (SSSR count). The second-order valence-electron chi connectivity index (χ2n) is 5.63. The molecule has 0 aromatic carbocycles. The van der Waals surface area contributed by atoms with Gasteiger partial charge in [0.1, 0.15) is 0 Å². The average molecular weight is 269 g/mol. The number of hydrogen-bond donors (Lipinski definition) is 2. The first-order valence-corrected chi connectivity index (χ1v) is 7.30. The van der Waals surface area contributed by atoms with Gasteiger partial charge in [0.25, 0.3) is 0 Å². The van der Waals surface area contributed by atoms with Crippen molar-refractivity contribution in [2.24, 2.45) is 5.92 Å². The molecule has 102 valence electrons. The predicted molar refractivity (Wildman–Crippen MR) is 76.9 cm³/mol. The van der Waals surface area contributed by atoms with Crippen LogP contribution in [-0.2, 0) is 0 Å². The van der Waals surface area contributed by atoms with E-state index in [1.807, 2.05) is 0 Å². The first-order chi connectivity index (χ1) is 8.52. The van der Waals surface area contributed by atoms with Crippen LogP contribution in [0.15, 0.2) is 0 Å². The van der Waals surface area contributed by atoms with Crippen molar-refractivity contribution in [3.63, 3.8) is 0 Å². The summed E-state index contributed by atoms with van der Waals surface area (Å²) in [4.78, 5) is 6.52. The standard InChI is InChI=1S/C12H23N5S/c1-9-5-4-6-12(7-9,17(2)3)8-14-11-15-10(13)16-18-11/h9H,4-8H2,1-3H3,(H3,13,14,15,16). The second-order valence-corrected chi connectivity index (χ2v) is 6.38. The Bertz CT molecular complexity index is 392. The topological polar surface area (TPSA) is 67.1 Å². The zero-order valence-electron chi connectivity index (χ0n) is 11.4. The third kappa shape index (κ3) is 2.92. The van der Waals surface area contributed by atoms with Crippen LogP contribution in [0, 0.1) is 5.92 Å². The van der Waals surface area contributed by atoms with Gasteiger partial charge >= 0.3 is 0 Å². The fourth-order valence-corrected chi connectivity index (χ4v) is 3.40. The molecule has 1 aromatic rings. The van der Waals surface area contributed by atoms with Gasteiger partial charge in [-0.3, -0.25) is 0 Å². The number of nitrogens with two attached hydrogens (primary N) is 1. The Morgan fingerprint density at radius 2 is 2.33 bits per heavy atom. The van der Waals surface area contributed by atoms with Crippen LogP contribution in [0.5, 0.6) is 0 Å². The highest BCUT2D eigenvalue weighted by Gasteiger charge is 2.36. The molecule has 2 atom stereocenters. The van der Waals surface area contributed by atoms with Crippen LogP contribution in [0.25, 0.3) is 0 Å². The summed E-state index contributed by atoms with van der Waals surface area (Å²) in [6, 6.07) is 0. The lowest BCUT2D eigenvalue weighted by Crippen LogP contribution is -2.52. The summed E-state index contributed by atoms with van der Waals surface area (Å²) in [6.07, 6.45) is 5.13. The Morgan fingerprint density at radius 3 is 2.89 bits per heavy atom. The van der Waals surface area contributed by atoms with Gasteiger partial charge < -0.3 is 16.0 Å². The molecule has 1 aliphatic rings. The van der Waals surface area contributed by atoms with Gasteiger partial charge in [-0.05, 0) is 32.9 Å². The molecule has 6 heteroatoms. The third-order valence-electron chi connectivity index (χ3n) is 4.03. The van der Waals surface area contributed by atoms with E-state index in [-0.39, 0.29) is 5.54 Å². The Kier molecular flexibility index (Phi) is 4.07. The number of nitrogens with zero attached hydrogens (tertiary/aromatic N) is 3. The van der Waals surface area contributed by atoms with Crippen LogP contribution in [0.2, 0.25) is 0 Å². The van der Waals surface area contributed by atoms with Gasteiger partial charge in [0.05, 0.1) is 0 Å². The lowest BCUT2D eigenvalue weighted by Gasteiger charge is -2.45. The molecule has 2 unspecified atom stereocenters. The van der Waals surface area contributed by atoms with E-state index in [0.717, 1.165) is 17.6 Å². The molecule has 1 aromatic heterocycles. The van der Waals surface area contributed by atoms with Gasteiger partial charge in [0.2, 0.25) is 11.1 Å². The Hall–Kier alpha value is -0.880. The lowest BCUT2D eigenvalue weighted by atomic mass is 9.75. The number of nitrogen functional groups attached to an aromatic ring is 1. The molecule has 0 radical (unpaired) electrons. The highest BCUT2D eigenvalue weighted by molar-refractivity contribution is 7.09. The lowest BCUT2D eigenvalue weighted by molar-refractivity contribution is 0.0882. The largest absolute Gasteiger partial charge is 0.367 e. The fourth-order valence-electron chi connectivity index (χ4n) is 2.90. The van der Waals surface area contributed by atoms with Crippen molar-refractivity contribution in [2.45, 2.75) is 38.1 Å². The number of nitrogens with one attached hydrogen (secondary N) is 1. The molecule has 1 saturated carbocycles. The van der Waals surface area contributed by atoms with Crippen molar-refractivity contribution in [3.05, 3.63) is 0 Å². The molecule has 1 aliphatic carbocycles. The quantitative estimate of drug-likeness (QED) is 0.875. The van der Waals surface area contributed by atoms with E-state index in [2.05, 4.69) is 40.6 Å². The van der Waals surface area contributed by atoms with E-state index in [0.29, 0.717) is 5.95 Å². The van der Waals surface area contributed by atoms with Crippen LogP contribution >= 0.6 is 11.5 Å². The van der Waals surface area contributed by atoms with Gasteiger partial charge in [-0.1, -0.05) is 19.8 Å². The molecule has 5 nitrogen and oxygen atoms in total. The van der Waals surface area contributed by atoms with Crippen molar-refractivity contribution < 1.29 is 0 Å². The summed E-state index contributed by atoms with van der Waals surface area (Å²) in [7, 11) is 4.35. The predicted octanol–water partition coefficient (Wildman–Crippen LogP) is 2.04. The summed E-state index contributed by atoms with van der Waals surface area (Å²) in [5, 5.41) is 4.23. The maximum Gasteiger partial charge on any atom is 0.233 e. The number of anilines is 2. The van der Waals surface area contributed by atoms with Crippen molar-refractivity contribution in [1.29, 1.82) is 0 Å². The molecule has 1 fully saturated rings. The summed E-state index contributed by atoms with van der Waals surface area (Å²) in [5.74, 6) is 1.15. The zero-order valence-corrected chi connectivity index (χ0v) is 12.3. The van der Waals surface area contributed by atoms with Gasteiger partial charge in [-0.25, -0.2) is 0 Å². The van der Waals surface area contributed by atoms with E-state index in [1.54, 1.807) is 0 Å². The van der Waals surface area contributed by atoms with Crippen molar-refractivity contribution in [2.75, 3.05) is 31.7 Å². The van der Waals surface area contributed by atoms with E-state index in [1.165, 1.54) is 37.2 Å². The van der Waals surface area contributed by atoms with Crippen molar-refractivity contribution in [3.8, 4) is 0 Å². The van der Waals surface area contributed by atoms with Gasteiger partial charge in [-0.15, -0.1) is 0 Å². The molecule has 18 heavy (non-hydrogen) atoms. The van der Waals surface area contributed by atoms with E-state index in [4.69, 9.17) is 5.73 Å². The van der Waals surface area contributed by atoms with Gasteiger partial charge in [0, 0.05) is 23.6 Å². The van der Waals surface area contributed by atoms with Crippen LogP contribution in [0.1, 0.15) is 32.6 Å². The zero-order chi connectivity index (χ0) is 13.2. The van der Waals surface area contributed by atoms with Crippen LogP contribution in [0.4, 0.5) is 11.1 Å². The molecular formula is C12H23N5S. The first kappa shape index (κ1) is 13.5. The van der Waals surface area contributed by atoms with Gasteiger partial charge in [-0.2, -0.15) is 9.36 Å². The number of likely N-dealkylation sites (N-methyl/N-ethyl adjacent to an activating group) is 1. The summed E-state index contributed by atoms with van der Waals surface area (Å²) >= 11 is 1.33. The molecule has 0 amide bonds. The molecule has 0 saturated heterocycles. The molecular weight excluding hydrogens is 246 g/mol. The van der Waals surface area contributed by atoms with Crippen molar-refractivity contribution in [1.82, 2.24) is 14.3 Å². The third-order valence-corrected chi connectivity index (χ3v) is 4.71. The highest BCUT2D eigenvalue weighted by Crippen LogP contribution is 2.35. The van der Waals surface area contributed by atoms with E-state index < -0.39 is 0 Å². The normalized spacial score (nSPS) is 28.6. The SMILES string of the molecule is CC1CCCC(CNc2nc(N)ns2)(N(C)C)C1. The van der Waals surface area contributed by atoms with E-state index in [9.17, 15) is 0 Å². The first-order valence-electron chi connectivity index (χ1n) is 6.52. The van der Waals surface area contributed by atoms with Gasteiger partial charge in [0.15, 0.2) is 0 Å². The monoisotopic (exact) mass is 269 g/mol. The second kappa shape index (κ2) is 5.40. The average Bonchev–Trinajstić information content (AvgIpc) is 2.72. The summed E-state index contributed by atoms with van der Waals surface area (Å²) in [5.41, 5.74) is 5.77. The number of hydrogen-bond acceptors (Lipinski definition) is 6. The Labute approximate surface area is 113 Å². The minimum absolute atomic E-state index is 0.234. The Balaban J connectivity index is 2.02. The summed E-state index contributed by atoms with van der Waals surface area (Å²) < 4.78 is 4.00. The maximum atomic E-state index is 5.54. The van der Waals surface area contributed by atoms with Crippen LogP contribution < -0.4 is 11.1 Å². The molecule has 0 aliphatic heterocycles. The van der Waals surface area contributed by atoms with Crippen LogP contribution in [0.3, 0.4) is 0 Å². The molecule has 1 heterocycles. The van der Waals surface area contributed by atoms with Crippen molar-refractivity contribution >= 4 is 22.6 Å². The molecule has 0 bridgehead atoms. The minimum atomic E-state index is 0.234. The minimum Gasteiger partial charge on any atom is -0.367 e. The fraction of sp³-hybridized carbons (Fsp3) is 0.833. The molecule has 0 spiro atoms.